The molecule has 0 fully saturated rings. The van der Waals surface area contributed by atoms with Crippen LogP contribution in [0.4, 0.5) is 0 Å². The van der Waals surface area contributed by atoms with E-state index in [0.29, 0.717) is 19.3 Å². The van der Waals surface area contributed by atoms with Crippen molar-refractivity contribution < 1.29 is 28.6 Å². The molecule has 0 N–H and O–H groups in total. The third-order valence-corrected chi connectivity index (χ3v) is 12.3. The van der Waals surface area contributed by atoms with Crippen molar-refractivity contribution in [3.8, 4) is 0 Å². The van der Waals surface area contributed by atoms with Gasteiger partial charge in [-0.25, -0.2) is 0 Å². The third kappa shape index (κ3) is 52.2. The molecule has 0 aromatic carbocycles. The van der Waals surface area contributed by atoms with E-state index in [2.05, 4.69) is 69.4 Å². The Bertz CT molecular complexity index is 1140. The average Bonchev–Trinajstić information content (AvgIpc) is 3.30. The lowest BCUT2D eigenvalue weighted by Crippen LogP contribution is -2.30. The zero-order valence-electron chi connectivity index (χ0n) is 43.3. The molecule has 6 nitrogen and oxygen atoms in total. The van der Waals surface area contributed by atoms with Crippen molar-refractivity contribution in [1.82, 2.24) is 0 Å². The van der Waals surface area contributed by atoms with E-state index < -0.39 is 6.10 Å². The molecular weight excluding hydrogens is 805 g/mol. The van der Waals surface area contributed by atoms with Crippen LogP contribution in [0.15, 0.2) is 48.6 Å². The lowest BCUT2D eigenvalue weighted by molar-refractivity contribution is -0.167. The summed E-state index contributed by atoms with van der Waals surface area (Å²) in [5, 5.41) is 0. The first-order chi connectivity index (χ1) is 32.0. The SMILES string of the molecule is CCCCC/C=C\C/C=C\CCCCCCCC(=O)OC[C@H](COC(=O)CCCCCCCCCCC/C=C\CCCCCCCC)OC(=O)CCCCCCC/C=C\CCCCCC. The quantitative estimate of drug-likeness (QED) is 0.0262. The normalized spacial score (nSPS) is 12.4. The van der Waals surface area contributed by atoms with Crippen molar-refractivity contribution in [1.29, 1.82) is 0 Å². The Morgan fingerprint density at radius 3 is 0.908 bits per heavy atom. The number of unbranched alkanes of at least 4 members (excludes halogenated alkanes) is 32. The summed E-state index contributed by atoms with van der Waals surface area (Å²) in [5.74, 6) is -0.895. The predicted octanol–water partition coefficient (Wildman–Crippen LogP) is 18.7. The second kappa shape index (κ2) is 54.0. The highest BCUT2D eigenvalue weighted by molar-refractivity contribution is 5.71. The number of carbonyl (C=O) groups excluding carboxylic acids is 3. The molecule has 0 saturated carbocycles. The molecule has 0 aromatic heterocycles. The van der Waals surface area contributed by atoms with Crippen LogP contribution in [-0.4, -0.2) is 37.2 Å². The van der Waals surface area contributed by atoms with E-state index in [1.807, 2.05) is 0 Å². The summed E-state index contributed by atoms with van der Waals surface area (Å²) in [7, 11) is 0. The Labute approximate surface area is 403 Å². The summed E-state index contributed by atoms with van der Waals surface area (Å²) in [6.07, 6.45) is 65.2. The van der Waals surface area contributed by atoms with Crippen LogP contribution in [0.25, 0.3) is 0 Å². The van der Waals surface area contributed by atoms with Crippen LogP contribution in [0.3, 0.4) is 0 Å². The van der Waals surface area contributed by atoms with Crippen molar-refractivity contribution >= 4 is 17.9 Å². The van der Waals surface area contributed by atoms with Gasteiger partial charge in [0.15, 0.2) is 6.10 Å². The molecule has 0 aromatic rings. The standard InChI is InChI=1S/C59H106O6/c1-4-7-10-13-16-19-22-25-27-28-29-30-32-35-37-40-43-46-49-52-58(61)64-55-56(65-59(62)53-50-47-44-41-38-33-24-21-18-15-12-9-6-3)54-63-57(60)51-48-45-42-39-36-34-31-26-23-20-17-14-11-8-5-2/h17,20-21,24-27,31,56H,4-16,18-19,22-23,28-30,32-55H2,1-3H3/b20-17-,24-21-,27-25-,31-26-/t56-/m1/s1. The first-order valence-corrected chi connectivity index (χ1v) is 28.1. The summed E-state index contributed by atoms with van der Waals surface area (Å²) in [6, 6.07) is 0. The Morgan fingerprint density at radius 2 is 0.554 bits per heavy atom. The van der Waals surface area contributed by atoms with Crippen LogP contribution >= 0.6 is 0 Å². The van der Waals surface area contributed by atoms with Gasteiger partial charge in [0.2, 0.25) is 0 Å². The van der Waals surface area contributed by atoms with Gasteiger partial charge < -0.3 is 14.2 Å². The molecule has 65 heavy (non-hydrogen) atoms. The Hall–Kier alpha value is -2.63. The number of carbonyl (C=O) groups is 3. The topological polar surface area (TPSA) is 78.9 Å². The van der Waals surface area contributed by atoms with Crippen molar-refractivity contribution in [2.75, 3.05) is 13.2 Å². The number of hydrogen-bond acceptors (Lipinski definition) is 6. The molecule has 0 aliphatic heterocycles. The van der Waals surface area contributed by atoms with Crippen molar-refractivity contribution in [2.45, 2.75) is 297 Å². The summed E-state index contributed by atoms with van der Waals surface area (Å²) in [6.45, 7) is 6.60. The van der Waals surface area contributed by atoms with Gasteiger partial charge in [-0.2, -0.15) is 0 Å². The van der Waals surface area contributed by atoms with Crippen molar-refractivity contribution in [2.24, 2.45) is 0 Å². The summed E-state index contributed by atoms with van der Waals surface area (Å²) >= 11 is 0. The van der Waals surface area contributed by atoms with Crippen LogP contribution in [0.1, 0.15) is 290 Å². The minimum Gasteiger partial charge on any atom is -0.462 e. The lowest BCUT2D eigenvalue weighted by atomic mass is 10.1. The number of hydrogen-bond donors (Lipinski definition) is 0. The maximum atomic E-state index is 12.8. The van der Waals surface area contributed by atoms with Gasteiger partial charge in [-0.3, -0.25) is 14.4 Å². The fraction of sp³-hybridized carbons (Fsp3) is 0.814. The minimum absolute atomic E-state index is 0.0808. The smallest absolute Gasteiger partial charge is 0.306 e. The highest BCUT2D eigenvalue weighted by Crippen LogP contribution is 2.15. The van der Waals surface area contributed by atoms with E-state index in [9.17, 15) is 14.4 Å². The van der Waals surface area contributed by atoms with Crippen LogP contribution in [0.2, 0.25) is 0 Å². The van der Waals surface area contributed by atoms with E-state index in [-0.39, 0.29) is 31.1 Å². The maximum Gasteiger partial charge on any atom is 0.306 e. The number of esters is 3. The number of allylic oxidation sites excluding steroid dienone is 8. The van der Waals surface area contributed by atoms with Crippen molar-refractivity contribution in [3.63, 3.8) is 0 Å². The molecule has 0 amide bonds. The largest absolute Gasteiger partial charge is 0.462 e. The monoisotopic (exact) mass is 911 g/mol. The maximum absolute atomic E-state index is 12.8. The van der Waals surface area contributed by atoms with Crippen LogP contribution < -0.4 is 0 Å². The molecular formula is C59H106O6. The van der Waals surface area contributed by atoms with Crippen molar-refractivity contribution in [3.05, 3.63) is 48.6 Å². The molecule has 0 radical (unpaired) electrons. The molecule has 0 rings (SSSR count). The van der Waals surface area contributed by atoms with Gasteiger partial charge in [0.25, 0.3) is 0 Å². The molecule has 1 atom stereocenters. The fourth-order valence-electron chi connectivity index (χ4n) is 7.99. The number of rotatable bonds is 51. The van der Waals surface area contributed by atoms with E-state index in [4.69, 9.17) is 14.2 Å². The van der Waals surface area contributed by atoms with Gasteiger partial charge in [-0.1, -0.05) is 217 Å². The molecule has 0 aliphatic carbocycles. The Kier molecular flexibility index (Phi) is 51.8. The van der Waals surface area contributed by atoms with Gasteiger partial charge in [-0.05, 0) is 103 Å². The molecule has 0 aliphatic rings. The van der Waals surface area contributed by atoms with Gasteiger partial charge in [0.05, 0.1) is 0 Å². The second-order valence-electron chi connectivity index (χ2n) is 18.8. The molecule has 0 saturated heterocycles. The molecule has 378 valence electrons. The van der Waals surface area contributed by atoms with Gasteiger partial charge in [-0.15, -0.1) is 0 Å². The van der Waals surface area contributed by atoms with Gasteiger partial charge >= 0.3 is 17.9 Å². The van der Waals surface area contributed by atoms with E-state index in [1.165, 1.54) is 161 Å². The van der Waals surface area contributed by atoms with E-state index in [0.717, 1.165) is 89.9 Å². The molecule has 0 unspecified atom stereocenters. The predicted molar refractivity (Wildman–Crippen MR) is 279 cm³/mol. The first kappa shape index (κ1) is 62.4. The molecule has 0 spiro atoms. The van der Waals surface area contributed by atoms with Gasteiger partial charge in [0.1, 0.15) is 13.2 Å². The highest BCUT2D eigenvalue weighted by atomic mass is 16.6. The second-order valence-corrected chi connectivity index (χ2v) is 18.8. The lowest BCUT2D eigenvalue weighted by Gasteiger charge is -2.18. The fourth-order valence-corrected chi connectivity index (χ4v) is 7.99. The zero-order valence-corrected chi connectivity index (χ0v) is 43.3. The summed E-state index contributed by atoms with van der Waals surface area (Å²) < 4.78 is 16.8. The van der Waals surface area contributed by atoms with Crippen LogP contribution in [0.5, 0.6) is 0 Å². The van der Waals surface area contributed by atoms with Gasteiger partial charge in [0, 0.05) is 19.3 Å². The Balaban J connectivity index is 4.35. The Morgan fingerprint density at radius 1 is 0.308 bits per heavy atom. The van der Waals surface area contributed by atoms with Crippen LogP contribution in [0, 0.1) is 0 Å². The number of ether oxygens (including phenoxy) is 3. The summed E-state index contributed by atoms with van der Waals surface area (Å²) in [4.78, 5) is 38.1. The zero-order chi connectivity index (χ0) is 47.2. The van der Waals surface area contributed by atoms with E-state index in [1.54, 1.807) is 0 Å². The van der Waals surface area contributed by atoms with E-state index >= 15 is 0 Å². The minimum atomic E-state index is -0.783. The average molecular weight is 911 g/mol. The first-order valence-electron chi connectivity index (χ1n) is 28.1. The molecule has 6 heteroatoms. The van der Waals surface area contributed by atoms with Crippen LogP contribution in [-0.2, 0) is 28.6 Å². The highest BCUT2D eigenvalue weighted by Gasteiger charge is 2.19. The summed E-state index contributed by atoms with van der Waals surface area (Å²) in [5.41, 5.74) is 0. The molecule has 0 bridgehead atoms. The third-order valence-electron chi connectivity index (χ3n) is 12.3. The molecule has 0 heterocycles.